The average molecular weight is 274 g/mol. The summed E-state index contributed by atoms with van der Waals surface area (Å²) in [5.74, 6) is -1.16. The standard InChI is InChI=1S/C15H18N2O3/c1-10(18)16-11-3-4-13(12(7-11)14(19)20)17-8-15(9-17)5-2-6-15/h3-4,7H,2,5-6,8-9H2,1H3,(H,16,18)(H,19,20). The van der Waals surface area contributed by atoms with Crippen LogP contribution >= 0.6 is 0 Å². The highest BCUT2D eigenvalue weighted by molar-refractivity contribution is 5.98. The maximum Gasteiger partial charge on any atom is 0.337 e. The molecule has 2 aliphatic rings. The maximum absolute atomic E-state index is 11.4. The smallest absolute Gasteiger partial charge is 0.337 e. The summed E-state index contributed by atoms with van der Waals surface area (Å²) in [4.78, 5) is 24.6. The highest BCUT2D eigenvalue weighted by atomic mass is 16.4. The minimum Gasteiger partial charge on any atom is -0.478 e. The van der Waals surface area contributed by atoms with Crippen LogP contribution in [0.25, 0.3) is 0 Å². The molecule has 1 saturated heterocycles. The molecule has 1 heterocycles. The van der Waals surface area contributed by atoms with Crippen molar-refractivity contribution in [3.8, 4) is 0 Å². The Labute approximate surface area is 117 Å². The van der Waals surface area contributed by atoms with Crippen LogP contribution in [0.1, 0.15) is 36.5 Å². The number of benzene rings is 1. The van der Waals surface area contributed by atoms with Crippen LogP contribution in [0.2, 0.25) is 0 Å². The minimum absolute atomic E-state index is 0.202. The number of carboxylic acid groups (broad SMARTS) is 1. The van der Waals surface area contributed by atoms with E-state index in [-0.39, 0.29) is 11.5 Å². The lowest BCUT2D eigenvalue weighted by atomic mass is 9.63. The van der Waals surface area contributed by atoms with Crippen molar-refractivity contribution in [2.24, 2.45) is 5.41 Å². The van der Waals surface area contributed by atoms with E-state index in [4.69, 9.17) is 0 Å². The molecule has 5 nitrogen and oxygen atoms in total. The summed E-state index contributed by atoms with van der Waals surface area (Å²) in [5, 5.41) is 12.0. The highest BCUT2D eigenvalue weighted by Gasteiger charge is 2.47. The number of rotatable bonds is 3. The normalized spacial score (nSPS) is 19.1. The predicted molar refractivity (Wildman–Crippen MR) is 76.2 cm³/mol. The van der Waals surface area contributed by atoms with E-state index >= 15 is 0 Å². The number of aromatic carboxylic acids is 1. The summed E-state index contributed by atoms with van der Waals surface area (Å²) < 4.78 is 0. The summed E-state index contributed by atoms with van der Waals surface area (Å²) in [6, 6.07) is 5.08. The summed E-state index contributed by atoms with van der Waals surface area (Å²) >= 11 is 0. The highest BCUT2D eigenvalue weighted by Crippen LogP contribution is 2.50. The van der Waals surface area contributed by atoms with Gasteiger partial charge in [-0.15, -0.1) is 0 Å². The zero-order valence-corrected chi connectivity index (χ0v) is 11.5. The lowest BCUT2D eigenvalue weighted by Crippen LogP contribution is -2.60. The first-order valence-electron chi connectivity index (χ1n) is 6.89. The van der Waals surface area contributed by atoms with Gasteiger partial charge in [-0.25, -0.2) is 4.79 Å². The van der Waals surface area contributed by atoms with Crippen molar-refractivity contribution in [2.75, 3.05) is 23.3 Å². The summed E-state index contributed by atoms with van der Waals surface area (Å²) in [6.07, 6.45) is 3.81. The Morgan fingerprint density at radius 2 is 2.00 bits per heavy atom. The first kappa shape index (κ1) is 13.0. The number of nitrogens with zero attached hydrogens (tertiary/aromatic N) is 1. The first-order valence-corrected chi connectivity index (χ1v) is 6.89. The van der Waals surface area contributed by atoms with Crippen molar-refractivity contribution in [2.45, 2.75) is 26.2 Å². The second kappa shape index (κ2) is 4.51. The fourth-order valence-corrected chi connectivity index (χ4v) is 3.19. The number of hydrogen-bond acceptors (Lipinski definition) is 3. The molecule has 20 heavy (non-hydrogen) atoms. The zero-order valence-electron chi connectivity index (χ0n) is 11.5. The summed E-state index contributed by atoms with van der Waals surface area (Å²) in [5.41, 5.74) is 1.98. The van der Waals surface area contributed by atoms with Crippen LogP contribution in [-0.4, -0.2) is 30.1 Å². The molecule has 0 unspecified atom stereocenters. The molecule has 1 aromatic carbocycles. The lowest BCUT2D eigenvalue weighted by molar-refractivity contribution is -0.114. The Morgan fingerprint density at radius 3 is 2.50 bits per heavy atom. The van der Waals surface area contributed by atoms with Gasteiger partial charge in [0.25, 0.3) is 0 Å². The quantitative estimate of drug-likeness (QED) is 0.887. The third kappa shape index (κ3) is 2.13. The van der Waals surface area contributed by atoms with Gasteiger partial charge in [0.2, 0.25) is 5.91 Å². The Kier molecular flexibility index (Phi) is 2.92. The van der Waals surface area contributed by atoms with E-state index in [1.807, 2.05) is 0 Å². The zero-order chi connectivity index (χ0) is 14.3. The maximum atomic E-state index is 11.4. The van der Waals surface area contributed by atoms with Gasteiger partial charge in [-0.05, 0) is 31.0 Å². The minimum atomic E-state index is -0.957. The predicted octanol–water partition coefficient (Wildman–Crippen LogP) is 2.33. The Morgan fingerprint density at radius 1 is 1.30 bits per heavy atom. The molecule has 0 aromatic heterocycles. The van der Waals surface area contributed by atoms with Crippen LogP contribution in [0, 0.1) is 5.41 Å². The van der Waals surface area contributed by atoms with Crippen LogP contribution in [0.3, 0.4) is 0 Å². The van der Waals surface area contributed by atoms with E-state index < -0.39 is 5.97 Å². The largest absolute Gasteiger partial charge is 0.478 e. The van der Waals surface area contributed by atoms with Gasteiger partial charge >= 0.3 is 5.97 Å². The first-order chi connectivity index (χ1) is 9.49. The number of carboxylic acids is 1. The Hall–Kier alpha value is -2.04. The molecule has 0 atom stereocenters. The molecule has 0 radical (unpaired) electrons. The van der Waals surface area contributed by atoms with Gasteiger partial charge in [-0.3, -0.25) is 4.79 Å². The molecule has 5 heteroatoms. The van der Waals surface area contributed by atoms with Crippen molar-refractivity contribution in [1.29, 1.82) is 0 Å². The van der Waals surface area contributed by atoms with Gasteiger partial charge in [-0.2, -0.15) is 0 Å². The van der Waals surface area contributed by atoms with Crippen LogP contribution in [0.4, 0.5) is 11.4 Å². The molecule has 0 bridgehead atoms. The van der Waals surface area contributed by atoms with Gasteiger partial charge < -0.3 is 15.3 Å². The molecule has 2 N–H and O–H groups in total. The van der Waals surface area contributed by atoms with Crippen molar-refractivity contribution in [3.05, 3.63) is 23.8 Å². The van der Waals surface area contributed by atoms with E-state index in [1.165, 1.54) is 32.3 Å². The molecular formula is C15H18N2O3. The van der Waals surface area contributed by atoms with E-state index in [0.29, 0.717) is 11.1 Å². The van der Waals surface area contributed by atoms with Crippen LogP contribution in [0.15, 0.2) is 18.2 Å². The van der Waals surface area contributed by atoms with E-state index in [9.17, 15) is 14.7 Å². The van der Waals surface area contributed by atoms with Gasteiger partial charge in [-0.1, -0.05) is 6.42 Å². The topological polar surface area (TPSA) is 69.6 Å². The van der Waals surface area contributed by atoms with Crippen molar-refractivity contribution >= 4 is 23.3 Å². The molecule has 106 valence electrons. The molecule has 1 aliphatic heterocycles. The number of hydrogen-bond donors (Lipinski definition) is 2. The monoisotopic (exact) mass is 274 g/mol. The molecule has 1 amide bonds. The number of anilines is 2. The van der Waals surface area contributed by atoms with Gasteiger partial charge in [0.05, 0.1) is 11.3 Å². The Bertz CT molecular complexity index is 570. The number of carbonyl (C=O) groups is 2. The average Bonchev–Trinajstić information content (AvgIpc) is 2.25. The molecule has 3 rings (SSSR count). The van der Waals surface area contributed by atoms with Crippen LogP contribution in [-0.2, 0) is 4.79 Å². The SMILES string of the molecule is CC(=O)Nc1ccc(N2CC3(CCC3)C2)c(C(=O)O)c1. The summed E-state index contributed by atoms with van der Waals surface area (Å²) in [6.45, 7) is 3.31. The van der Waals surface area contributed by atoms with Crippen molar-refractivity contribution < 1.29 is 14.7 Å². The second-order valence-electron chi connectivity index (χ2n) is 5.93. The van der Waals surface area contributed by atoms with Crippen LogP contribution < -0.4 is 10.2 Å². The van der Waals surface area contributed by atoms with E-state index in [1.54, 1.807) is 12.1 Å². The fraction of sp³-hybridized carbons (Fsp3) is 0.467. The molecule has 1 spiro atoms. The third-order valence-corrected chi connectivity index (χ3v) is 4.35. The number of carbonyl (C=O) groups excluding carboxylic acids is 1. The number of nitrogens with one attached hydrogen (secondary N) is 1. The molecule has 2 fully saturated rings. The van der Waals surface area contributed by atoms with Gasteiger partial charge in [0.15, 0.2) is 0 Å². The van der Waals surface area contributed by atoms with Gasteiger partial charge in [0.1, 0.15) is 0 Å². The Balaban J connectivity index is 1.83. The van der Waals surface area contributed by atoms with Gasteiger partial charge in [0, 0.05) is 31.1 Å². The molecule has 1 saturated carbocycles. The lowest BCUT2D eigenvalue weighted by Gasteiger charge is -2.57. The van der Waals surface area contributed by atoms with Crippen molar-refractivity contribution in [3.63, 3.8) is 0 Å². The molecular weight excluding hydrogens is 256 g/mol. The second-order valence-corrected chi connectivity index (χ2v) is 5.93. The summed E-state index contributed by atoms with van der Waals surface area (Å²) in [7, 11) is 0. The number of amides is 1. The fourth-order valence-electron chi connectivity index (χ4n) is 3.19. The molecule has 1 aliphatic carbocycles. The van der Waals surface area contributed by atoms with E-state index in [0.717, 1.165) is 18.8 Å². The van der Waals surface area contributed by atoms with E-state index in [2.05, 4.69) is 10.2 Å². The van der Waals surface area contributed by atoms with Crippen molar-refractivity contribution in [1.82, 2.24) is 0 Å². The van der Waals surface area contributed by atoms with Crippen LogP contribution in [0.5, 0.6) is 0 Å². The molecule has 1 aromatic rings. The third-order valence-electron chi connectivity index (χ3n) is 4.35.